The van der Waals surface area contributed by atoms with Crippen molar-refractivity contribution < 1.29 is 14.3 Å². The molecule has 2 aliphatic rings. The van der Waals surface area contributed by atoms with Gasteiger partial charge in [-0.2, -0.15) is 0 Å². The first-order chi connectivity index (χ1) is 9.71. The molecule has 0 radical (unpaired) electrons. The highest BCUT2D eigenvalue weighted by atomic mass is 35.5. The summed E-state index contributed by atoms with van der Waals surface area (Å²) in [5.41, 5.74) is 0.543. The van der Waals surface area contributed by atoms with Gasteiger partial charge in [0.15, 0.2) is 6.29 Å². The van der Waals surface area contributed by atoms with E-state index in [4.69, 9.17) is 21.1 Å². The van der Waals surface area contributed by atoms with E-state index in [1.165, 1.54) is 12.8 Å². The molecule has 20 heavy (non-hydrogen) atoms. The lowest BCUT2D eigenvalue weighted by Gasteiger charge is -2.38. The van der Waals surface area contributed by atoms with Crippen LogP contribution in [0.1, 0.15) is 48.9 Å². The summed E-state index contributed by atoms with van der Waals surface area (Å²) in [7, 11) is 0. The number of halogens is 1. The van der Waals surface area contributed by atoms with Crippen LogP contribution in [-0.2, 0) is 4.74 Å². The first-order valence-electron chi connectivity index (χ1n) is 7.26. The quantitative estimate of drug-likeness (QED) is 0.790. The molecule has 1 atom stereocenters. The number of hydrogen-bond acceptors (Lipinski definition) is 3. The molecular formula is C16H19ClO3. The molecule has 108 valence electrons. The zero-order chi connectivity index (χ0) is 14.0. The third-order valence-electron chi connectivity index (χ3n) is 4.35. The number of hydrogen-bond donors (Lipinski definition) is 0. The number of carbonyl (C=O) groups excluding carboxylic acids is 1. The first kappa shape index (κ1) is 13.9. The van der Waals surface area contributed by atoms with E-state index in [1.807, 2.05) is 0 Å². The molecule has 1 spiro atoms. The number of ether oxygens (including phenoxy) is 2. The molecule has 4 heteroatoms. The highest BCUT2D eigenvalue weighted by Crippen LogP contribution is 2.41. The highest BCUT2D eigenvalue weighted by Gasteiger charge is 2.40. The van der Waals surface area contributed by atoms with E-state index in [9.17, 15) is 4.79 Å². The number of benzene rings is 1. The molecule has 1 aromatic rings. The lowest BCUT2D eigenvalue weighted by Crippen LogP contribution is -2.41. The minimum Gasteiger partial charge on any atom is -0.489 e. The van der Waals surface area contributed by atoms with Gasteiger partial charge < -0.3 is 9.47 Å². The average Bonchev–Trinajstić information content (AvgIpc) is 2.89. The summed E-state index contributed by atoms with van der Waals surface area (Å²) in [6.07, 6.45) is 7.48. The van der Waals surface area contributed by atoms with Crippen molar-refractivity contribution in [1.82, 2.24) is 0 Å². The fraction of sp³-hybridized carbons (Fsp3) is 0.562. The summed E-state index contributed by atoms with van der Waals surface area (Å²) in [6.45, 7) is 0.745. The standard InChI is InChI=1S/C16H19ClO3/c17-13-3-4-15(12(9-13)11-18)20-14-5-8-19-16(10-14)6-1-2-7-16/h3-4,9,11,14H,1-2,5-8,10H2. The van der Waals surface area contributed by atoms with Gasteiger partial charge >= 0.3 is 0 Å². The highest BCUT2D eigenvalue weighted by molar-refractivity contribution is 6.30. The van der Waals surface area contributed by atoms with Crippen molar-refractivity contribution in [3.8, 4) is 5.75 Å². The monoisotopic (exact) mass is 294 g/mol. The second-order valence-electron chi connectivity index (χ2n) is 5.77. The molecule has 0 amide bonds. The van der Waals surface area contributed by atoms with Crippen LogP contribution in [0.3, 0.4) is 0 Å². The van der Waals surface area contributed by atoms with Crippen LogP contribution in [0.15, 0.2) is 18.2 Å². The van der Waals surface area contributed by atoms with Gasteiger partial charge in [-0.3, -0.25) is 4.79 Å². The Balaban J connectivity index is 1.72. The molecule has 1 unspecified atom stereocenters. The fourth-order valence-corrected chi connectivity index (χ4v) is 3.53. The Labute approximate surface area is 124 Å². The van der Waals surface area contributed by atoms with Crippen LogP contribution in [0, 0.1) is 0 Å². The van der Waals surface area contributed by atoms with Crippen LogP contribution in [0.5, 0.6) is 5.75 Å². The van der Waals surface area contributed by atoms with E-state index in [2.05, 4.69) is 0 Å². The Morgan fingerprint density at radius 2 is 2.15 bits per heavy atom. The van der Waals surface area contributed by atoms with Crippen LogP contribution >= 0.6 is 11.6 Å². The van der Waals surface area contributed by atoms with Crippen molar-refractivity contribution >= 4 is 17.9 Å². The van der Waals surface area contributed by atoms with E-state index in [-0.39, 0.29) is 11.7 Å². The van der Waals surface area contributed by atoms with Gasteiger partial charge in [0.05, 0.1) is 17.8 Å². The molecule has 1 aromatic carbocycles. The van der Waals surface area contributed by atoms with E-state index in [0.717, 1.165) is 38.6 Å². The Morgan fingerprint density at radius 3 is 2.90 bits per heavy atom. The molecule has 1 aliphatic heterocycles. The molecule has 1 saturated heterocycles. The van der Waals surface area contributed by atoms with Crippen LogP contribution in [0.4, 0.5) is 0 Å². The van der Waals surface area contributed by atoms with Crippen molar-refractivity contribution in [2.45, 2.75) is 50.2 Å². The fourth-order valence-electron chi connectivity index (χ4n) is 3.35. The Morgan fingerprint density at radius 1 is 1.35 bits per heavy atom. The number of aldehydes is 1. The van der Waals surface area contributed by atoms with E-state index in [1.54, 1.807) is 18.2 Å². The molecule has 3 nitrogen and oxygen atoms in total. The van der Waals surface area contributed by atoms with Gasteiger partial charge in [0.1, 0.15) is 11.9 Å². The van der Waals surface area contributed by atoms with E-state index in [0.29, 0.717) is 16.3 Å². The number of rotatable bonds is 3. The normalized spacial score (nSPS) is 24.8. The maximum absolute atomic E-state index is 11.1. The number of carbonyl (C=O) groups is 1. The first-order valence-corrected chi connectivity index (χ1v) is 7.64. The van der Waals surface area contributed by atoms with Gasteiger partial charge in [-0.25, -0.2) is 0 Å². The molecule has 1 aliphatic carbocycles. The maximum atomic E-state index is 11.1. The lowest BCUT2D eigenvalue weighted by atomic mass is 9.90. The van der Waals surface area contributed by atoms with E-state index >= 15 is 0 Å². The molecule has 2 fully saturated rings. The van der Waals surface area contributed by atoms with Gasteiger partial charge in [-0.05, 0) is 31.0 Å². The van der Waals surface area contributed by atoms with Gasteiger partial charge in [-0.1, -0.05) is 24.4 Å². The third kappa shape index (κ3) is 2.84. The lowest BCUT2D eigenvalue weighted by molar-refractivity contribution is -0.108. The molecular weight excluding hydrogens is 276 g/mol. The van der Waals surface area contributed by atoms with Gasteiger partial charge in [0.2, 0.25) is 0 Å². The van der Waals surface area contributed by atoms with Crippen molar-refractivity contribution in [2.75, 3.05) is 6.61 Å². The van der Waals surface area contributed by atoms with Gasteiger partial charge in [0, 0.05) is 17.9 Å². The minimum atomic E-state index is 0.0245. The largest absolute Gasteiger partial charge is 0.489 e. The van der Waals surface area contributed by atoms with Crippen LogP contribution in [-0.4, -0.2) is 24.6 Å². The Hall–Kier alpha value is -1.06. The van der Waals surface area contributed by atoms with Crippen LogP contribution < -0.4 is 4.74 Å². The predicted octanol–water partition coefficient (Wildman–Crippen LogP) is 4.02. The summed E-state index contributed by atoms with van der Waals surface area (Å²) in [5.74, 6) is 0.629. The van der Waals surface area contributed by atoms with Crippen molar-refractivity contribution in [1.29, 1.82) is 0 Å². The molecule has 0 N–H and O–H groups in total. The second-order valence-corrected chi connectivity index (χ2v) is 6.21. The van der Waals surface area contributed by atoms with Crippen molar-refractivity contribution in [2.24, 2.45) is 0 Å². The van der Waals surface area contributed by atoms with Gasteiger partial charge in [0.25, 0.3) is 0 Å². The summed E-state index contributed by atoms with van der Waals surface area (Å²) >= 11 is 5.90. The van der Waals surface area contributed by atoms with Crippen LogP contribution in [0.2, 0.25) is 5.02 Å². The molecule has 1 heterocycles. The van der Waals surface area contributed by atoms with Gasteiger partial charge in [-0.15, -0.1) is 0 Å². The predicted molar refractivity (Wildman–Crippen MR) is 77.6 cm³/mol. The van der Waals surface area contributed by atoms with Crippen molar-refractivity contribution in [3.05, 3.63) is 28.8 Å². The van der Waals surface area contributed by atoms with E-state index < -0.39 is 0 Å². The molecule has 0 bridgehead atoms. The molecule has 0 aromatic heterocycles. The van der Waals surface area contributed by atoms with Crippen LogP contribution in [0.25, 0.3) is 0 Å². The topological polar surface area (TPSA) is 35.5 Å². The van der Waals surface area contributed by atoms with Crippen molar-refractivity contribution in [3.63, 3.8) is 0 Å². The summed E-state index contributed by atoms with van der Waals surface area (Å²) in [6, 6.07) is 5.19. The molecule has 3 rings (SSSR count). The summed E-state index contributed by atoms with van der Waals surface area (Å²) in [5, 5.41) is 0.554. The maximum Gasteiger partial charge on any atom is 0.153 e. The summed E-state index contributed by atoms with van der Waals surface area (Å²) in [4.78, 5) is 11.1. The molecule has 1 saturated carbocycles. The second kappa shape index (κ2) is 5.74. The Bertz CT molecular complexity index is 494. The smallest absolute Gasteiger partial charge is 0.153 e. The Kier molecular flexibility index (Phi) is 3.99. The zero-order valence-corrected chi connectivity index (χ0v) is 12.2. The minimum absolute atomic E-state index is 0.0245. The average molecular weight is 295 g/mol. The SMILES string of the molecule is O=Cc1cc(Cl)ccc1OC1CCOC2(CCCC2)C1. The third-order valence-corrected chi connectivity index (χ3v) is 4.59. The summed E-state index contributed by atoms with van der Waals surface area (Å²) < 4.78 is 12.0. The zero-order valence-electron chi connectivity index (χ0n) is 11.4.